The second-order valence-electron chi connectivity index (χ2n) is 21.2. The lowest BCUT2D eigenvalue weighted by Gasteiger charge is -2.40. The van der Waals surface area contributed by atoms with Gasteiger partial charge in [-0.2, -0.15) is 0 Å². The van der Waals surface area contributed by atoms with Crippen molar-refractivity contribution in [3.05, 3.63) is 12.2 Å². The van der Waals surface area contributed by atoms with Gasteiger partial charge in [-0.15, -0.1) is 0 Å². The number of aliphatic hydroxyl groups excluding tert-OH is 5. The number of allylic oxidation sites excluding steroid dienone is 1. The maximum Gasteiger partial charge on any atom is 0.220 e. The molecule has 0 spiro atoms. The molecule has 0 radical (unpaired) electrons. The molecule has 404 valence electrons. The summed E-state index contributed by atoms with van der Waals surface area (Å²) in [5.74, 6) is -0.170. The minimum atomic E-state index is -1.56. The van der Waals surface area contributed by atoms with Crippen molar-refractivity contribution in [1.82, 2.24) is 5.32 Å². The molecule has 0 aromatic heterocycles. The van der Waals surface area contributed by atoms with Gasteiger partial charge in [0.05, 0.1) is 25.4 Å². The fourth-order valence-corrected chi connectivity index (χ4v) is 9.87. The normalized spacial score (nSPS) is 19.5. The molecule has 1 rings (SSSR count). The van der Waals surface area contributed by atoms with E-state index in [0.29, 0.717) is 6.42 Å². The molecule has 0 aromatic rings. The van der Waals surface area contributed by atoms with Crippen molar-refractivity contribution >= 4 is 5.91 Å². The molecule has 1 saturated heterocycles. The summed E-state index contributed by atoms with van der Waals surface area (Å²) in [6, 6.07) is -0.800. The van der Waals surface area contributed by atoms with E-state index in [1.165, 1.54) is 244 Å². The van der Waals surface area contributed by atoms with Crippen LogP contribution in [0, 0.1) is 0 Å². The Kier molecular flexibility index (Phi) is 47.3. The third-order valence-corrected chi connectivity index (χ3v) is 14.6. The highest BCUT2D eigenvalue weighted by molar-refractivity contribution is 5.76. The van der Waals surface area contributed by atoms with Crippen LogP contribution in [0.1, 0.15) is 303 Å². The molecule has 1 heterocycles. The van der Waals surface area contributed by atoms with Gasteiger partial charge in [-0.25, -0.2) is 0 Å². The molecule has 0 aliphatic carbocycles. The number of hydrogen-bond acceptors (Lipinski definition) is 8. The van der Waals surface area contributed by atoms with E-state index in [4.69, 9.17) is 9.47 Å². The highest BCUT2D eigenvalue weighted by Gasteiger charge is 2.44. The average Bonchev–Trinajstić information content (AvgIpc) is 3.34. The Hall–Kier alpha value is -1.07. The predicted octanol–water partition coefficient (Wildman–Crippen LogP) is 14.8. The standard InChI is InChI=1S/C59H115NO8/c1-3-5-7-9-11-13-15-17-19-21-22-23-24-25-26-27-28-29-30-31-32-33-35-37-39-41-43-45-47-49-55(63)60-52(51-67-59-58(66)57(65)56(64)54(50-61)68-59)53(62)48-46-44-42-40-38-36-34-20-18-16-14-12-10-8-6-4-2/h46,48,52-54,56-59,61-62,64-66H,3-45,47,49-51H2,1-2H3,(H,60,63)/b48-46+/t52-,53+,54+,56-,57?,58?,59+/m0/s1. The number of carbonyl (C=O) groups excluding carboxylic acids is 1. The predicted molar refractivity (Wildman–Crippen MR) is 286 cm³/mol. The highest BCUT2D eigenvalue weighted by atomic mass is 16.7. The molecular formula is C59H115NO8. The number of aliphatic hydroxyl groups is 5. The summed E-state index contributed by atoms with van der Waals surface area (Å²) in [6.07, 6.45) is 54.3. The van der Waals surface area contributed by atoms with Gasteiger partial charge < -0.3 is 40.3 Å². The number of hydrogen-bond donors (Lipinski definition) is 6. The maximum atomic E-state index is 13.1. The number of amides is 1. The minimum Gasteiger partial charge on any atom is -0.394 e. The summed E-state index contributed by atoms with van der Waals surface area (Å²) >= 11 is 0. The Morgan fingerprint density at radius 3 is 1.15 bits per heavy atom. The highest BCUT2D eigenvalue weighted by Crippen LogP contribution is 2.23. The van der Waals surface area contributed by atoms with Gasteiger partial charge in [-0.1, -0.05) is 289 Å². The van der Waals surface area contributed by atoms with Crippen LogP contribution in [0.3, 0.4) is 0 Å². The van der Waals surface area contributed by atoms with Crippen molar-refractivity contribution in [3.63, 3.8) is 0 Å². The second-order valence-corrected chi connectivity index (χ2v) is 21.2. The zero-order valence-electron chi connectivity index (χ0n) is 44.9. The molecule has 2 unspecified atom stereocenters. The molecule has 1 fully saturated rings. The number of carbonyl (C=O) groups is 1. The lowest BCUT2D eigenvalue weighted by atomic mass is 9.99. The lowest BCUT2D eigenvalue weighted by Crippen LogP contribution is -2.60. The number of nitrogens with one attached hydrogen (secondary N) is 1. The molecule has 0 saturated carbocycles. The van der Waals surface area contributed by atoms with Gasteiger partial charge >= 0.3 is 0 Å². The smallest absolute Gasteiger partial charge is 0.220 e. The molecule has 0 bridgehead atoms. The van der Waals surface area contributed by atoms with E-state index >= 15 is 0 Å². The zero-order valence-corrected chi connectivity index (χ0v) is 44.9. The quantitative estimate of drug-likeness (QED) is 0.0261. The van der Waals surface area contributed by atoms with E-state index < -0.39 is 49.5 Å². The van der Waals surface area contributed by atoms with E-state index in [1.807, 2.05) is 6.08 Å². The fourth-order valence-electron chi connectivity index (χ4n) is 9.87. The van der Waals surface area contributed by atoms with Gasteiger partial charge in [0.1, 0.15) is 24.4 Å². The maximum absolute atomic E-state index is 13.1. The van der Waals surface area contributed by atoms with Gasteiger partial charge in [-0.05, 0) is 19.3 Å². The molecule has 1 aliphatic heterocycles. The molecule has 1 amide bonds. The van der Waals surface area contributed by atoms with Crippen LogP contribution in [-0.4, -0.2) is 87.5 Å². The number of ether oxygens (including phenoxy) is 2. The summed E-state index contributed by atoms with van der Waals surface area (Å²) in [5, 5.41) is 54.5. The molecule has 9 heteroatoms. The van der Waals surface area contributed by atoms with Crippen molar-refractivity contribution in [2.75, 3.05) is 13.2 Å². The molecule has 1 aliphatic rings. The van der Waals surface area contributed by atoms with Crippen LogP contribution in [0.2, 0.25) is 0 Å². The lowest BCUT2D eigenvalue weighted by molar-refractivity contribution is -0.302. The van der Waals surface area contributed by atoms with E-state index in [-0.39, 0.29) is 12.5 Å². The van der Waals surface area contributed by atoms with E-state index in [9.17, 15) is 30.3 Å². The van der Waals surface area contributed by atoms with Gasteiger partial charge in [0, 0.05) is 6.42 Å². The van der Waals surface area contributed by atoms with E-state index in [0.717, 1.165) is 38.5 Å². The summed E-state index contributed by atoms with van der Waals surface area (Å²) in [7, 11) is 0. The Morgan fingerprint density at radius 1 is 0.485 bits per heavy atom. The Bertz CT molecular complexity index is 1080. The fraction of sp³-hybridized carbons (Fsp3) is 0.949. The van der Waals surface area contributed by atoms with Crippen LogP contribution in [0.15, 0.2) is 12.2 Å². The van der Waals surface area contributed by atoms with Crippen LogP contribution < -0.4 is 5.32 Å². The van der Waals surface area contributed by atoms with Crippen LogP contribution in [0.25, 0.3) is 0 Å². The molecule has 7 atom stereocenters. The van der Waals surface area contributed by atoms with Gasteiger partial charge in [0.2, 0.25) is 5.91 Å². The number of unbranched alkanes of at least 4 members (excludes halogenated alkanes) is 42. The second kappa shape index (κ2) is 49.5. The first-order chi connectivity index (χ1) is 33.3. The molecule has 9 nitrogen and oxygen atoms in total. The van der Waals surface area contributed by atoms with Gasteiger partial charge in [0.15, 0.2) is 6.29 Å². The average molecular weight is 967 g/mol. The zero-order chi connectivity index (χ0) is 49.4. The molecule has 68 heavy (non-hydrogen) atoms. The topological polar surface area (TPSA) is 149 Å². The summed E-state index contributed by atoms with van der Waals surface area (Å²) in [4.78, 5) is 13.1. The minimum absolute atomic E-state index is 0.170. The van der Waals surface area contributed by atoms with Crippen molar-refractivity contribution in [2.45, 2.75) is 346 Å². The summed E-state index contributed by atoms with van der Waals surface area (Å²) < 4.78 is 11.3. The summed E-state index contributed by atoms with van der Waals surface area (Å²) in [5.41, 5.74) is 0. The monoisotopic (exact) mass is 966 g/mol. The summed E-state index contributed by atoms with van der Waals surface area (Å²) in [6.45, 7) is 3.82. The van der Waals surface area contributed by atoms with Gasteiger partial charge in [0.25, 0.3) is 0 Å². The Balaban J connectivity index is 2.14. The van der Waals surface area contributed by atoms with Gasteiger partial charge in [-0.3, -0.25) is 4.79 Å². The first-order valence-corrected chi connectivity index (χ1v) is 29.9. The van der Waals surface area contributed by atoms with Crippen LogP contribution in [0.4, 0.5) is 0 Å². The van der Waals surface area contributed by atoms with Crippen LogP contribution >= 0.6 is 0 Å². The van der Waals surface area contributed by atoms with Crippen molar-refractivity contribution < 1.29 is 39.8 Å². The Labute approximate surface area is 420 Å². The van der Waals surface area contributed by atoms with Crippen molar-refractivity contribution in [2.24, 2.45) is 0 Å². The Morgan fingerprint density at radius 2 is 0.809 bits per heavy atom. The molecule has 6 N–H and O–H groups in total. The molecular weight excluding hydrogens is 851 g/mol. The first kappa shape index (κ1) is 64.9. The van der Waals surface area contributed by atoms with Crippen LogP contribution in [0.5, 0.6) is 0 Å². The third-order valence-electron chi connectivity index (χ3n) is 14.6. The molecule has 0 aromatic carbocycles. The van der Waals surface area contributed by atoms with Crippen molar-refractivity contribution in [3.8, 4) is 0 Å². The van der Waals surface area contributed by atoms with E-state index in [2.05, 4.69) is 19.2 Å². The van der Waals surface area contributed by atoms with Crippen LogP contribution in [-0.2, 0) is 14.3 Å². The van der Waals surface area contributed by atoms with E-state index in [1.54, 1.807) is 6.08 Å². The largest absolute Gasteiger partial charge is 0.394 e. The number of rotatable bonds is 52. The third kappa shape index (κ3) is 38.6. The SMILES string of the molecule is CCCCCCCCCCCCCCCC/C=C/[C@@H](O)[C@H](CO[C@@H]1O[C@H](CO)[C@H](O)C(O)C1O)NC(=O)CCCCCCCCCCCCCCCCCCCCCCCCCCCCCCC. The first-order valence-electron chi connectivity index (χ1n) is 29.9. The van der Waals surface area contributed by atoms with Crippen molar-refractivity contribution in [1.29, 1.82) is 0 Å².